The number of aromatic hydroxyl groups is 2. The molecule has 0 spiro atoms. The summed E-state index contributed by atoms with van der Waals surface area (Å²) in [6.45, 7) is 0. The number of rotatable bonds is 7. The van der Waals surface area contributed by atoms with E-state index < -0.39 is 43.1 Å². The molecule has 4 rings (SSSR count). The van der Waals surface area contributed by atoms with Gasteiger partial charge in [0, 0.05) is 0 Å². The Morgan fingerprint density at radius 1 is 0.692 bits per heavy atom. The molecule has 0 unspecified atom stereocenters. The first-order valence-electron chi connectivity index (χ1n) is 10.6. The van der Waals surface area contributed by atoms with Gasteiger partial charge < -0.3 is 10.2 Å². The van der Waals surface area contributed by atoms with Crippen molar-refractivity contribution in [1.29, 1.82) is 0 Å². The Bertz CT molecular complexity index is 1990. The average Bonchev–Trinajstić information content (AvgIpc) is 3.32. The van der Waals surface area contributed by atoms with E-state index in [4.69, 9.17) is 9.11 Å². The van der Waals surface area contributed by atoms with Crippen molar-refractivity contribution in [3.8, 4) is 23.1 Å². The number of hydrogen-bond acceptors (Lipinski definition) is 8. The van der Waals surface area contributed by atoms with E-state index in [0.29, 0.717) is 0 Å². The Kier molecular flexibility index (Phi) is 7.06. The van der Waals surface area contributed by atoms with Crippen molar-refractivity contribution in [2.75, 3.05) is 0 Å². The van der Waals surface area contributed by atoms with Gasteiger partial charge in [-0.05, 0) is 66.8 Å². The molecule has 6 N–H and O–H groups in total. The summed E-state index contributed by atoms with van der Waals surface area (Å²) in [5.74, 6) is -0.991. The van der Waals surface area contributed by atoms with Crippen LogP contribution < -0.4 is 11.1 Å². The predicted octanol–water partition coefficient (Wildman–Crippen LogP) is 1.43. The number of hydrogen-bond donors (Lipinski definition) is 6. The Morgan fingerprint density at radius 3 is 1.54 bits per heavy atom. The van der Waals surface area contributed by atoms with Gasteiger partial charge in [-0.1, -0.05) is 6.08 Å². The number of aromatic amines is 2. The van der Waals surface area contributed by atoms with Gasteiger partial charge in [0.2, 0.25) is 11.8 Å². The van der Waals surface area contributed by atoms with Crippen LogP contribution in [0, 0.1) is 0 Å². The topological polar surface area (TPSA) is 225 Å². The lowest BCUT2D eigenvalue weighted by atomic mass is 10.2. The Labute approximate surface area is 219 Å². The third-order valence-corrected chi connectivity index (χ3v) is 7.03. The highest BCUT2D eigenvalue weighted by molar-refractivity contribution is 7.86. The van der Waals surface area contributed by atoms with E-state index >= 15 is 0 Å². The number of allylic oxidation sites excluding steroid dienone is 2. The largest absolute Gasteiger partial charge is 0.493 e. The van der Waals surface area contributed by atoms with Gasteiger partial charge in [-0.3, -0.25) is 28.9 Å². The smallest absolute Gasteiger partial charge is 0.294 e. The van der Waals surface area contributed by atoms with Crippen molar-refractivity contribution in [3.63, 3.8) is 0 Å². The molecule has 2 heterocycles. The molecule has 39 heavy (non-hydrogen) atoms. The normalized spacial score (nSPS) is 11.9. The minimum atomic E-state index is -4.41. The van der Waals surface area contributed by atoms with E-state index in [2.05, 4.69) is 15.9 Å². The molecular formula is C23H18N4O10S2. The fourth-order valence-corrected chi connectivity index (χ4v) is 4.35. The first-order chi connectivity index (χ1) is 18.3. The average molecular weight is 575 g/mol. The molecule has 0 saturated heterocycles. The molecule has 14 nitrogen and oxygen atoms in total. The van der Waals surface area contributed by atoms with Gasteiger partial charge in [-0.15, -0.1) is 5.73 Å². The van der Waals surface area contributed by atoms with Crippen LogP contribution in [0.5, 0.6) is 11.8 Å². The van der Waals surface area contributed by atoms with E-state index in [-0.39, 0.29) is 32.3 Å². The van der Waals surface area contributed by atoms with Crippen LogP contribution in [0.4, 0.5) is 0 Å². The third kappa shape index (κ3) is 5.69. The number of aromatic nitrogens is 4. The molecular weight excluding hydrogens is 556 g/mol. The van der Waals surface area contributed by atoms with E-state index in [9.17, 15) is 36.6 Å². The van der Waals surface area contributed by atoms with Gasteiger partial charge in [0.05, 0.1) is 21.2 Å². The number of nitrogens with one attached hydrogen (secondary N) is 2. The molecule has 0 aliphatic carbocycles. The van der Waals surface area contributed by atoms with Crippen molar-refractivity contribution in [1.82, 2.24) is 19.6 Å². The lowest BCUT2D eigenvalue weighted by Crippen LogP contribution is -2.05. The van der Waals surface area contributed by atoms with Crippen LogP contribution in [0.2, 0.25) is 0 Å². The summed E-state index contributed by atoms with van der Waals surface area (Å²) in [6.07, 6.45) is 4.99. The van der Waals surface area contributed by atoms with Crippen LogP contribution in [0.25, 0.3) is 23.5 Å². The maximum absolute atomic E-state index is 12.3. The van der Waals surface area contributed by atoms with Crippen molar-refractivity contribution in [3.05, 3.63) is 98.2 Å². The van der Waals surface area contributed by atoms with Crippen LogP contribution in [0.15, 0.2) is 85.8 Å². The Balaban J connectivity index is 1.55. The van der Waals surface area contributed by atoms with Gasteiger partial charge in [0.25, 0.3) is 31.4 Å². The van der Waals surface area contributed by atoms with Crippen molar-refractivity contribution >= 4 is 32.4 Å². The van der Waals surface area contributed by atoms with Crippen LogP contribution >= 0.6 is 0 Å². The monoisotopic (exact) mass is 574 g/mol. The quantitative estimate of drug-likeness (QED) is 0.106. The van der Waals surface area contributed by atoms with Crippen LogP contribution in [-0.4, -0.2) is 55.7 Å². The molecule has 16 heteroatoms. The number of benzene rings is 2. The van der Waals surface area contributed by atoms with Crippen molar-refractivity contribution in [2.45, 2.75) is 9.79 Å². The lowest BCUT2D eigenvalue weighted by molar-refractivity contribution is 0.432. The molecule has 0 fully saturated rings. The summed E-state index contributed by atoms with van der Waals surface area (Å²) in [5, 5.41) is 25.6. The fraction of sp³-hybridized carbons (Fsp3) is 0. The van der Waals surface area contributed by atoms with E-state index in [0.717, 1.165) is 39.7 Å². The summed E-state index contributed by atoms with van der Waals surface area (Å²) in [4.78, 5) is 23.8. The summed E-state index contributed by atoms with van der Waals surface area (Å²) in [7, 11) is -8.83. The molecule has 202 valence electrons. The SMILES string of the molecule is O=c1[nH]n(-c2ccc(S(=O)(=O)O)cc2)c(O)c1C=C=CC=Cc1c(O)n(-c2ccc(S(=O)(=O)O)cc2)[nH]c1=O. The molecule has 0 aliphatic rings. The lowest BCUT2D eigenvalue weighted by Gasteiger charge is -2.05. The van der Waals surface area contributed by atoms with E-state index in [1.54, 1.807) is 0 Å². The molecule has 2 aromatic carbocycles. The molecule has 0 bridgehead atoms. The highest BCUT2D eigenvalue weighted by Gasteiger charge is 2.16. The number of nitrogens with zero attached hydrogens (tertiary/aromatic N) is 2. The van der Waals surface area contributed by atoms with Gasteiger partial charge in [0.1, 0.15) is 11.1 Å². The van der Waals surface area contributed by atoms with Crippen LogP contribution in [0.1, 0.15) is 11.1 Å². The maximum atomic E-state index is 12.3. The van der Waals surface area contributed by atoms with Gasteiger partial charge in [-0.2, -0.15) is 16.8 Å². The highest BCUT2D eigenvalue weighted by atomic mass is 32.2. The van der Waals surface area contributed by atoms with Gasteiger partial charge in [0.15, 0.2) is 0 Å². The second-order valence-corrected chi connectivity index (χ2v) is 10.6. The molecule has 0 radical (unpaired) electrons. The van der Waals surface area contributed by atoms with Crippen molar-refractivity contribution < 1.29 is 36.2 Å². The highest BCUT2D eigenvalue weighted by Crippen LogP contribution is 2.22. The maximum Gasteiger partial charge on any atom is 0.294 e. The zero-order valence-electron chi connectivity index (χ0n) is 19.4. The van der Waals surface area contributed by atoms with E-state index in [1.165, 1.54) is 42.5 Å². The van der Waals surface area contributed by atoms with E-state index in [1.807, 2.05) is 0 Å². The minimum Gasteiger partial charge on any atom is -0.493 e. The van der Waals surface area contributed by atoms with Gasteiger partial charge >= 0.3 is 0 Å². The summed E-state index contributed by atoms with van der Waals surface area (Å²) in [6, 6.07) is 9.37. The zero-order chi connectivity index (χ0) is 28.5. The second-order valence-electron chi connectivity index (χ2n) is 7.80. The fourth-order valence-electron chi connectivity index (χ4n) is 3.39. The zero-order valence-corrected chi connectivity index (χ0v) is 21.0. The van der Waals surface area contributed by atoms with Crippen molar-refractivity contribution in [2.24, 2.45) is 0 Å². The summed E-state index contributed by atoms with van der Waals surface area (Å²) in [5.41, 5.74) is 1.33. The standard InChI is InChI=1S/C23H18N4O10S2/c28-20-18(22(30)26(24-20)14-6-10-16(11-7-14)38(32,33)34)4-2-1-3-5-19-21(29)25-27(23(19)31)15-8-12-17(13-9-15)39(35,36)37/h1-2,4-13,30-31H,(H,24,28)(H,25,29)(H,32,33,34)(H,35,36,37). The van der Waals surface area contributed by atoms with Gasteiger partial charge in [-0.25, -0.2) is 9.36 Å². The minimum absolute atomic E-state index is 0.146. The second kappa shape index (κ2) is 10.1. The molecule has 2 aromatic heterocycles. The Hall–Kier alpha value is -4.86. The first-order valence-corrected chi connectivity index (χ1v) is 13.5. The van der Waals surface area contributed by atoms with Crippen LogP contribution in [-0.2, 0) is 20.2 Å². The molecule has 0 saturated carbocycles. The number of H-pyrrole nitrogens is 2. The summed E-state index contributed by atoms with van der Waals surface area (Å²) < 4.78 is 64.8. The third-order valence-electron chi connectivity index (χ3n) is 5.29. The molecule has 0 amide bonds. The first kappa shape index (κ1) is 27.2. The predicted molar refractivity (Wildman–Crippen MR) is 137 cm³/mol. The molecule has 0 aliphatic heterocycles. The molecule has 4 aromatic rings. The van der Waals surface area contributed by atoms with Crippen LogP contribution in [0.3, 0.4) is 0 Å². The Morgan fingerprint density at radius 2 is 1.10 bits per heavy atom. The summed E-state index contributed by atoms with van der Waals surface area (Å²) >= 11 is 0. The molecule has 0 atom stereocenters.